The minimum atomic E-state index is -0.403. The van der Waals surface area contributed by atoms with Crippen LogP contribution in [0.4, 0.5) is 0 Å². The molecule has 5 aromatic rings. The number of para-hydroxylation sites is 2. The van der Waals surface area contributed by atoms with E-state index in [1.54, 1.807) is 0 Å². The molecule has 0 saturated heterocycles. The normalized spacial score (nSPS) is 11.6. The van der Waals surface area contributed by atoms with Gasteiger partial charge in [-0.3, -0.25) is 0 Å². The Labute approximate surface area is 171 Å². The number of fused-ring (bicyclic) bond motifs is 1. The fourth-order valence-corrected chi connectivity index (χ4v) is 4.32. The third kappa shape index (κ3) is 3.03. The van der Waals surface area contributed by atoms with E-state index >= 15 is 0 Å². The van der Waals surface area contributed by atoms with Gasteiger partial charge in [-0.1, -0.05) is 103 Å². The lowest BCUT2D eigenvalue weighted by atomic mass is 9.77. The van der Waals surface area contributed by atoms with Crippen molar-refractivity contribution >= 4 is 11.0 Å². The molecule has 0 saturated carbocycles. The molecule has 0 aliphatic rings. The summed E-state index contributed by atoms with van der Waals surface area (Å²) < 4.78 is 2.35. The van der Waals surface area contributed by atoms with Gasteiger partial charge in [0.15, 0.2) is 0 Å². The molecule has 29 heavy (non-hydrogen) atoms. The zero-order valence-corrected chi connectivity index (χ0v) is 16.1. The largest absolute Gasteiger partial charge is 0.316 e. The van der Waals surface area contributed by atoms with Crippen molar-refractivity contribution in [2.24, 2.45) is 0 Å². The number of benzene rings is 4. The number of nitrogens with zero attached hydrogens (tertiary/aromatic N) is 2. The van der Waals surface area contributed by atoms with Gasteiger partial charge in [-0.15, -0.1) is 0 Å². The van der Waals surface area contributed by atoms with E-state index in [0.717, 1.165) is 17.5 Å². The zero-order valence-electron chi connectivity index (χ0n) is 16.1. The van der Waals surface area contributed by atoms with E-state index in [0.29, 0.717) is 0 Å². The first-order valence-electron chi connectivity index (χ1n) is 9.95. The predicted octanol–water partition coefficient (Wildman–Crippen LogP) is 6.07. The van der Waals surface area contributed by atoms with Crippen molar-refractivity contribution in [3.63, 3.8) is 0 Å². The summed E-state index contributed by atoms with van der Waals surface area (Å²) in [7, 11) is 0. The molecular weight excluding hydrogens is 352 g/mol. The van der Waals surface area contributed by atoms with Crippen LogP contribution in [0.2, 0.25) is 0 Å². The molecule has 0 N–H and O–H groups in total. The van der Waals surface area contributed by atoms with Crippen LogP contribution in [-0.4, -0.2) is 9.55 Å². The maximum atomic E-state index is 4.74. The van der Waals surface area contributed by atoms with E-state index in [1.165, 1.54) is 16.7 Å². The van der Waals surface area contributed by atoms with Gasteiger partial charge in [0.05, 0.1) is 17.4 Å². The van der Waals surface area contributed by atoms with Gasteiger partial charge in [0.25, 0.3) is 0 Å². The summed E-state index contributed by atoms with van der Waals surface area (Å²) in [4.78, 5) is 4.74. The molecule has 0 bridgehead atoms. The second-order valence-electron chi connectivity index (χ2n) is 7.36. The molecule has 0 fully saturated rings. The van der Waals surface area contributed by atoms with E-state index in [1.807, 2.05) is 12.4 Å². The highest BCUT2D eigenvalue weighted by molar-refractivity contribution is 5.76. The Morgan fingerprint density at radius 3 is 1.72 bits per heavy atom. The van der Waals surface area contributed by atoms with Crippen LogP contribution in [-0.2, 0) is 12.0 Å². The summed E-state index contributed by atoms with van der Waals surface area (Å²) in [5.41, 5.74) is 5.53. The molecule has 1 heterocycles. The average molecular weight is 374 g/mol. The molecule has 5 rings (SSSR count). The monoisotopic (exact) mass is 374 g/mol. The predicted molar refractivity (Wildman–Crippen MR) is 119 cm³/mol. The smallest absolute Gasteiger partial charge is 0.100 e. The van der Waals surface area contributed by atoms with Gasteiger partial charge in [-0.2, -0.15) is 0 Å². The standard InChI is InChI=1S/C27H22N2/c1-4-12-22(13-5-1)20-27(23-14-6-2-7-15-23,24-16-8-3-9-17-24)29-21-28-25-18-10-11-19-26(25)29/h1-19,21H,20H2. The van der Waals surface area contributed by atoms with Gasteiger partial charge in [0.2, 0.25) is 0 Å². The number of aromatic nitrogens is 2. The summed E-state index contributed by atoms with van der Waals surface area (Å²) in [6.45, 7) is 0. The van der Waals surface area contributed by atoms with Crippen molar-refractivity contribution in [2.75, 3.05) is 0 Å². The number of hydrogen-bond acceptors (Lipinski definition) is 1. The van der Waals surface area contributed by atoms with E-state index in [9.17, 15) is 0 Å². The topological polar surface area (TPSA) is 17.8 Å². The quantitative estimate of drug-likeness (QED) is 0.365. The molecule has 2 heteroatoms. The summed E-state index contributed by atoms with van der Waals surface area (Å²) >= 11 is 0. The van der Waals surface area contributed by atoms with Gasteiger partial charge in [0.1, 0.15) is 5.54 Å². The van der Waals surface area contributed by atoms with Crippen LogP contribution in [0.1, 0.15) is 16.7 Å². The average Bonchev–Trinajstić information content (AvgIpc) is 3.24. The molecular formula is C27H22N2. The lowest BCUT2D eigenvalue weighted by Crippen LogP contribution is -2.38. The SMILES string of the molecule is c1ccc(CC(c2ccccc2)(c2ccccc2)n2cnc3ccccc32)cc1. The molecule has 0 spiro atoms. The number of imidazole rings is 1. The Kier molecular flexibility index (Phi) is 4.45. The minimum absolute atomic E-state index is 0.403. The molecule has 0 atom stereocenters. The van der Waals surface area contributed by atoms with E-state index < -0.39 is 5.54 Å². The number of rotatable bonds is 5. The van der Waals surface area contributed by atoms with Crippen molar-refractivity contribution in [1.82, 2.24) is 9.55 Å². The van der Waals surface area contributed by atoms with Gasteiger partial charge in [-0.25, -0.2) is 4.98 Å². The van der Waals surface area contributed by atoms with Crippen LogP contribution < -0.4 is 0 Å². The Bertz CT molecular complexity index is 1170. The van der Waals surface area contributed by atoms with Gasteiger partial charge in [0, 0.05) is 6.42 Å². The van der Waals surface area contributed by atoms with Crippen molar-refractivity contribution in [3.05, 3.63) is 138 Å². The Balaban J connectivity index is 1.86. The molecule has 0 aliphatic carbocycles. The number of hydrogen-bond donors (Lipinski definition) is 0. The molecule has 0 unspecified atom stereocenters. The lowest BCUT2D eigenvalue weighted by molar-refractivity contribution is 0.438. The third-order valence-electron chi connectivity index (χ3n) is 5.67. The highest BCUT2D eigenvalue weighted by atomic mass is 15.1. The fourth-order valence-electron chi connectivity index (χ4n) is 4.32. The van der Waals surface area contributed by atoms with E-state index in [4.69, 9.17) is 4.98 Å². The highest BCUT2D eigenvalue weighted by Crippen LogP contribution is 2.39. The first kappa shape index (κ1) is 17.4. The van der Waals surface area contributed by atoms with Gasteiger partial charge < -0.3 is 4.57 Å². The van der Waals surface area contributed by atoms with Crippen LogP contribution in [0.5, 0.6) is 0 Å². The Morgan fingerprint density at radius 1 is 0.586 bits per heavy atom. The summed E-state index contributed by atoms with van der Waals surface area (Å²) in [6.07, 6.45) is 2.83. The lowest BCUT2D eigenvalue weighted by Gasteiger charge is -2.37. The summed E-state index contributed by atoms with van der Waals surface area (Å²) in [5.74, 6) is 0. The van der Waals surface area contributed by atoms with Crippen LogP contribution in [0.3, 0.4) is 0 Å². The molecule has 4 aromatic carbocycles. The first-order valence-corrected chi connectivity index (χ1v) is 9.95. The zero-order chi connectivity index (χ0) is 19.5. The van der Waals surface area contributed by atoms with Crippen molar-refractivity contribution in [2.45, 2.75) is 12.0 Å². The van der Waals surface area contributed by atoms with Crippen molar-refractivity contribution < 1.29 is 0 Å². The van der Waals surface area contributed by atoms with Crippen molar-refractivity contribution in [3.8, 4) is 0 Å². The maximum absolute atomic E-state index is 4.74. The van der Waals surface area contributed by atoms with Crippen LogP contribution in [0.25, 0.3) is 11.0 Å². The van der Waals surface area contributed by atoms with Gasteiger partial charge in [-0.05, 0) is 28.8 Å². The fraction of sp³-hybridized carbons (Fsp3) is 0.0741. The molecule has 0 radical (unpaired) electrons. The van der Waals surface area contributed by atoms with Crippen LogP contribution >= 0.6 is 0 Å². The van der Waals surface area contributed by atoms with Crippen molar-refractivity contribution in [1.29, 1.82) is 0 Å². The summed E-state index contributed by atoms with van der Waals surface area (Å²) in [6, 6.07) is 40.6. The second kappa shape index (κ2) is 7.40. The second-order valence-corrected chi connectivity index (χ2v) is 7.36. The highest BCUT2D eigenvalue weighted by Gasteiger charge is 2.37. The molecule has 140 valence electrons. The molecule has 0 amide bonds. The van der Waals surface area contributed by atoms with Crippen LogP contribution in [0, 0.1) is 0 Å². The van der Waals surface area contributed by atoms with E-state index in [-0.39, 0.29) is 0 Å². The van der Waals surface area contributed by atoms with Gasteiger partial charge >= 0.3 is 0 Å². The minimum Gasteiger partial charge on any atom is -0.316 e. The summed E-state index contributed by atoms with van der Waals surface area (Å²) in [5, 5.41) is 0. The maximum Gasteiger partial charge on any atom is 0.100 e. The molecule has 1 aromatic heterocycles. The first-order chi connectivity index (χ1) is 14.4. The van der Waals surface area contributed by atoms with Crippen LogP contribution in [0.15, 0.2) is 122 Å². The van der Waals surface area contributed by atoms with E-state index in [2.05, 4.69) is 114 Å². The Morgan fingerprint density at radius 2 is 1.10 bits per heavy atom. The molecule has 0 aliphatic heterocycles. The third-order valence-corrected chi connectivity index (χ3v) is 5.67. The Hall–Kier alpha value is -3.65. The molecule has 2 nitrogen and oxygen atoms in total.